The second-order valence-electron chi connectivity index (χ2n) is 6.47. The summed E-state index contributed by atoms with van der Waals surface area (Å²) in [5.41, 5.74) is 3.41. The van der Waals surface area contributed by atoms with Crippen molar-refractivity contribution in [2.75, 3.05) is 19.7 Å². The first kappa shape index (κ1) is 17.5. The average molecular weight is 336 g/mol. The molecule has 130 valence electrons. The first-order chi connectivity index (χ1) is 12.2. The SMILES string of the molecule is CCC1c2ccccc2CCN1CC(O)COc1ccc(C#N)cc1. The van der Waals surface area contributed by atoms with Crippen molar-refractivity contribution in [2.24, 2.45) is 0 Å². The van der Waals surface area contributed by atoms with Gasteiger partial charge in [0.25, 0.3) is 0 Å². The number of fused-ring (bicyclic) bond motifs is 1. The van der Waals surface area contributed by atoms with Gasteiger partial charge < -0.3 is 9.84 Å². The third kappa shape index (κ3) is 4.19. The van der Waals surface area contributed by atoms with Gasteiger partial charge in [-0.3, -0.25) is 4.90 Å². The number of nitrogens with zero attached hydrogens (tertiary/aromatic N) is 2. The van der Waals surface area contributed by atoms with Crippen LogP contribution in [0.2, 0.25) is 0 Å². The van der Waals surface area contributed by atoms with E-state index in [0.29, 0.717) is 23.9 Å². The molecule has 0 amide bonds. The number of β-amino-alcohol motifs (C(OH)–C–C–N with tert-alkyl or cyclic N) is 1. The van der Waals surface area contributed by atoms with Crippen molar-refractivity contribution >= 4 is 0 Å². The number of hydrogen-bond acceptors (Lipinski definition) is 4. The normalized spacial score (nSPS) is 18.2. The Morgan fingerprint density at radius 2 is 2.00 bits per heavy atom. The minimum Gasteiger partial charge on any atom is -0.491 e. The average Bonchev–Trinajstić information content (AvgIpc) is 2.66. The van der Waals surface area contributed by atoms with Gasteiger partial charge in [-0.1, -0.05) is 31.2 Å². The van der Waals surface area contributed by atoms with Crippen molar-refractivity contribution in [3.63, 3.8) is 0 Å². The van der Waals surface area contributed by atoms with E-state index < -0.39 is 6.10 Å². The molecule has 0 aromatic heterocycles. The van der Waals surface area contributed by atoms with Crippen molar-refractivity contribution in [3.8, 4) is 11.8 Å². The Hall–Kier alpha value is -2.35. The predicted octanol–water partition coefficient (Wildman–Crippen LogP) is 3.31. The molecule has 0 fully saturated rings. The van der Waals surface area contributed by atoms with Crippen LogP contribution >= 0.6 is 0 Å². The van der Waals surface area contributed by atoms with E-state index in [1.807, 2.05) is 0 Å². The highest BCUT2D eigenvalue weighted by molar-refractivity contribution is 5.34. The maximum atomic E-state index is 10.4. The molecule has 0 bridgehead atoms. The third-order valence-electron chi connectivity index (χ3n) is 4.78. The fourth-order valence-corrected chi connectivity index (χ4v) is 3.54. The molecule has 0 radical (unpaired) electrons. The number of aliphatic hydroxyl groups is 1. The van der Waals surface area contributed by atoms with E-state index in [4.69, 9.17) is 10.00 Å². The summed E-state index contributed by atoms with van der Waals surface area (Å²) in [5, 5.41) is 19.2. The molecule has 4 nitrogen and oxygen atoms in total. The fourth-order valence-electron chi connectivity index (χ4n) is 3.54. The summed E-state index contributed by atoms with van der Waals surface area (Å²) < 4.78 is 5.66. The molecule has 25 heavy (non-hydrogen) atoms. The highest BCUT2D eigenvalue weighted by Gasteiger charge is 2.27. The molecule has 0 saturated carbocycles. The zero-order chi connectivity index (χ0) is 17.6. The van der Waals surface area contributed by atoms with Gasteiger partial charge in [-0.25, -0.2) is 0 Å². The van der Waals surface area contributed by atoms with E-state index in [-0.39, 0.29) is 6.61 Å². The summed E-state index contributed by atoms with van der Waals surface area (Å²) in [4.78, 5) is 2.36. The highest BCUT2D eigenvalue weighted by atomic mass is 16.5. The smallest absolute Gasteiger partial charge is 0.119 e. The lowest BCUT2D eigenvalue weighted by molar-refractivity contribution is 0.0475. The number of nitriles is 1. The summed E-state index contributed by atoms with van der Waals surface area (Å²) >= 11 is 0. The number of benzene rings is 2. The minimum absolute atomic E-state index is 0.250. The van der Waals surface area contributed by atoms with Gasteiger partial charge in [-0.05, 0) is 48.2 Å². The van der Waals surface area contributed by atoms with Crippen molar-refractivity contribution < 1.29 is 9.84 Å². The Bertz CT molecular complexity index is 736. The number of ether oxygens (including phenoxy) is 1. The molecule has 0 saturated heterocycles. The maximum absolute atomic E-state index is 10.4. The molecule has 2 aromatic rings. The van der Waals surface area contributed by atoms with Crippen LogP contribution in [0.25, 0.3) is 0 Å². The Balaban J connectivity index is 1.57. The molecule has 0 aliphatic carbocycles. The summed E-state index contributed by atoms with van der Waals surface area (Å²) in [6.45, 7) is 4.01. The van der Waals surface area contributed by atoms with Gasteiger partial charge in [0, 0.05) is 19.1 Å². The molecule has 2 unspecified atom stereocenters. The van der Waals surface area contributed by atoms with Crippen LogP contribution < -0.4 is 4.74 Å². The van der Waals surface area contributed by atoms with Crippen LogP contribution in [0.4, 0.5) is 0 Å². The topological polar surface area (TPSA) is 56.5 Å². The van der Waals surface area contributed by atoms with Crippen LogP contribution in [0.15, 0.2) is 48.5 Å². The number of rotatable bonds is 6. The van der Waals surface area contributed by atoms with E-state index in [0.717, 1.165) is 19.4 Å². The second kappa shape index (κ2) is 8.15. The van der Waals surface area contributed by atoms with Crippen LogP contribution in [-0.2, 0) is 6.42 Å². The van der Waals surface area contributed by atoms with E-state index in [1.54, 1.807) is 24.3 Å². The Morgan fingerprint density at radius 1 is 1.24 bits per heavy atom. The van der Waals surface area contributed by atoms with Crippen molar-refractivity contribution in [2.45, 2.75) is 31.9 Å². The van der Waals surface area contributed by atoms with Crippen LogP contribution in [0, 0.1) is 11.3 Å². The molecule has 1 aliphatic rings. The summed E-state index contributed by atoms with van der Waals surface area (Å²) in [6.07, 6.45) is 1.51. The fraction of sp³-hybridized carbons (Fsp3) is 0.381. The number of aliphatic hydroxyl groups excluding tert-OH is 1. The molecular weight excluding hydrogens is 312 g/mol. The third-order valence-corrected chi connectivity index (χ3v) is 4.78. The summed E-state index contributed by atoms with van der Waals surface area (Å²) in [5.74, 6) is 0.675. The molecule has 2 aromatic carbocycles. The van der Waals surface area contributed by atoms with Gasteiger partial charge in [0.05, 0.1) is 11.6 Å². The summed E-state index contributed by atoms with van der Waals surface area (Å²) in [7, 11) is 0. The molecule has 1 N–H and O–H groups in total. The van der Waals surface area contributed by atoms with E-state index in [2.05, 4.69) is 42.2 Å². The van der Waals surface area contributed by atoms with Gasteiger partial charge in [-0.15, -0.1) is 0 Å². The van der Waals surface area contributed by atoms with Crippen molar-refractivity contribution in [1.29, 1.82) is 5.26 Å². The lowest BCUT2D eigenvalue weighted by atomic mass is 9.91. The largest absolute Gasteiger partial charge is 0.491 e. The Morgan fingerprint density at radius 3 is 2.72 bits per heavy atom. The molecule has 1 aliphatic heterocycles. The molecule has 4 heteroatoms. The highest BCUT2D eigenvalue weighted by Crippen LogP contribution is 2.31. The van der Waals surface area contributed by atoms with Crippen molar-refractivity contribution in [1.82, 2.24) is 4.90 Å². The monoisotopic (exact) mass is 336 g/mol. The van der Waals surface area contributed by atoms with E-state index in [1.165, 1.54) is 11.1 Å². The van der Waals surface area contributed by atoms with Gasteiger partial charge in [0.15, 0.2) is 0 Å². The van der Waals surface area contributed by atoms with Crippen LogP contribution in [-0.4, -0.2) is 35.8 Å². The Labute approximate surface area is 149 Å². The van der Waals surface area contributed by atoms with Crippen LogP contribution in [0.5, 0.6) is 5.75 Å². The molecule has 1 heterocycles. The zero-order valence-electron chi connectivity index (χ0n) is 14.6. The Kier molecular flexibility index (Phi) is 5.70. The number of hydrogen-bond donors (Lipinski definition) is 1. The second-order valence-corrected chi connectivity index (χ2v) is 6.47. The lowest BCUT2D eigenvalue weighted by Crippen LogP contribution is -2.41. The first-order valence-corrected chi connectivity index (χ1v) is 8.84. The molecular formula is C21H24N2O2. The van der Waals surface area contributed by atoms with E-state index in [9.17, 15) is 5.11 Å². The zero-order valence-corrected chi connectivity index (χ0v) is 14.6. The predicted molar refractivity (Wildman–Crippen MR) is 97.4 cm³/mol. The minimum atomic E-state index is -0.546. The van der Waals surface area contributed by atoms with Crippen LogP contribution in [0.1, 0.15) is 36.1 Å². The van der Waals surface area contributed by atoms with Crippen molar-refractivity contribution in [3.05, 3.63) is 65.2 Å². The summed E-state index contributed by atoms with van der Waals surface area (Å²) in [6, 6.07) is 18.0. The molecule has 0 spiro atoms. The standard InChI is InChI=1S/C21H24N2O2/c1-2-21-20-6-4-3-5-17(20)11-12-23(21)14-18(24)15-25-19-9-7-16(13-22)8-10-19/h3-10,18,21,24H,2,11-12,14-15H2,1H3. The van der Waals surface area contributed by atoms with Gasteiger partial charge in [-0.2, -0.15) is 5.26 Å². The molecule has 3 rings (SSSR count). The van der Waals surface area contributed by atoms with Gasteiger partial charge in [0.2, 0.25) is 0 Å². The quantitative estimate of drug-likeness (QED) is 0.879. The first-order valence-electron chi connectivity index (χ1n) is 8.84. The lowest BCUT2D eigenvalue weighted by Gasteiger charge is -2.38. The van der Waals surface area contributed by atoms with Gasteiger partial charge >= 0.3 is 0 Å². The maximum Gasteiger partial charge on any atom is 0.119 e. The van der Waals surface area contributed by atoms with Gasteiger partial charge in [0.1, 0.15) is 18.5 Å². The van der Waals surface area contributed by atoms with E-state index >= 15 is 0 Å². The van der Waals surface area contributed by atoms with Crippen LogP contribution in [0.3, 0.4) is 0 Å². The molecule has 2 atom stereocenters.